The second-order valence-corrected chi connectivity index (χ2v) is 4.38. The molecule has 0 saturated carbocycles. The smallest absolute Gasteiger partial charge is 0.143 e. The number of nitrogens with one attached hydrogen (secondary N) is 1. The van der Waals surface area contributed by atoms with Crippen molar-refractivity contribution in [1.29, 1.82) is 5.26 Å². The highest BCUT2D eigenvalue weighted by atomic mass is 19.1. The number of halogens is 1. The number of benzene rings is 2. The Morgan fingerprint density at radius 1 is 1.20 bits per heavy atom. The van der Waals surface area contributed by atoms with Crippen molar-refractivity contribution in [2.75, 3.05) is 12.4 Å². The Morgan fingerprint density at radius 2 is 1.95 bits per heavy atom. The van der Waals surface area contributed by atoms with Gasteiger partial charge in [-0.1, -0.05) is 24.3 Å². The Morgan fingerprint density at radius 3 is 2.65 bits per heavy atom. The molecule has 0 aliphatic rings. The van der Waals surface area contributed by atoms with E-state index in [0.29, 0.717) is 5.69 Å². The standard InChI is InChI=1S/C16H15FN2O/c1-11(12-6-3-4-9-16(12)20-2)19-15-8-5-7-14(17)13(15)10-18/h3-9,11,19H,1-2H3. The van der Waals surface area contributed by atoms with E-state index in [2.05, 4.69) is 5.32 Å². The van der Waals surface area contributed by atoms with Gasteiger partial charge in [0.2, 0.25) is 0 Å². The van der Waals surface area contributed by atoms with E-state index < -0.39 is 5.82 Å². The highest BCUT2D eigenvalue weighted by molar-refractivity contribution is 5.59. The summed E-state index contributed by atoms with van der Waals surface area (Å²) < 4.78 is 18.9. The van der Waals surface area contributed by atoms with Gasteiger partial charge in [-0.25, -0.2) is 4.39 Å². The minimum atomic E-state index is -0.523. The summed E-state index contributed by atoms with van der Waals surface area (Å²) in [5.74, 6) is 0.229. The Labute approximate surface area is 117 Å². The third-order valence-corrected chi connectivity index (χ3v) is 3.10. The van der Waals surface area contributed by atoms with Gasteiger partial charge in [0.1, 0.15) is 23.2 Å². The molecule has 2 aromatic rings. The predicted octanol–water partition coefficient (Wildman–Crippen LogP) is 3.88. The van der Waals surface area contributed by atoms with Crippen molar-refractivity contribution in [3.63, 3.8) is 0 Å². The number of hydrogen-bond acceptors (Lipinski definition) is 3. The first-order valence-corrected chi connectivity index (χ1v) is 6.25. The molecule has 1 N–H and O–H groups in total. The number of rotatable bonds is 4. The molecule has 1 atom stereocenters. The predicted molar refractivity (Wildman–Crippen MR) is 76.1 cm³/mol. The molecule has 0 aromatic heterocycles. The molecular weight excluding hydrogens is 255 g/mol. The third-order valence-electron chi connectivity index (χ3n) is 3.10. The van der Waals surface area contributed by atoms with Gasteiger partial charge in [-0.2, -0.15) is 5.26 Å². The maximum Gasteiger partial charge on any atom is 0.143 e. The van der Waals surface area contributed by atoms with Crippen LogP contribution in [0, 0.1) is 17.1 Å². The van der Waals surface area contributed by atoms with E-state index in [1.165, 1.54) is 6.07 Å². The van der Waals surface area contributed by atoms with E-state index in [1.54, 1.807) is 19.2 Å². The summed E-state index contributed by atoms with van der Waals surface area (Å²) in [5, 5.41) is 12.2. The Bertz CT molecular complexity index is 649. The summed E-state index contributed by atoms with van der Waals surface area (Å²) in [4.78, 5) is 0. The van der Waals surface area contributed by atoms with Crippen molar-refractivity contribution in [3.8, 4) is 11.8 Å². The van der Waals surface area contributed by atoms with Gasteiger partial charge in [0.15, 0.2) is 0 Å². The normalized spacial score (nSPS) is 11.5. The lowest BCUT2D eigenvalue weighted by molar-refractivity contribution is 0.408. The van der Waals surface area contributed by atoms with E-state index in [4.69, 9.17) is 10.00 Å². The fraction of sp³-hybridized carbons (Fsp3) is 0.188. The van der Waals surface area contributed by atoms with E-state index >= 15 is 0 Å². The molecule has 0 bridgehead atoms. The second-order valence-electron chi connectivity index (χ2n) is 4.38. The summed E-state index contributed by atoms with van der Waals surface area (Å²) in [6.07, 6.45) is 0. The van der Waals surface area contributed by atoms with Crippen LogP contribution < -0.4 is 10.1 Å². The molecule has 0 aliphatic heterocycles. The molecular formula is C16H15FN2O. The molecule has 0 radical (unpaired) electrons. The second kappa shape index (κ2) is 6.07. The maximum absolute atomic E-state index is 13.6. The fourth-order valence-corrected chi connectivity index (χ4v) is 2.09. The number of ether oxygens (including phenoxy) is 1. The molecule has 0 heterocycles. The minimum absolute atomic E-state index is 0.0225. The first kappa shape index (κ1) is 13.9. The molecule has 4 heteroatoms. The number of para-hydroxylation sites is 1. The van der Waals surface area contributed by atoms with Crippen molar-refractivity contribution in [1.82, 2.24) is 0 Å². The molecule has 0 fully saturated rings. The van der Waals surface area contributed by atoms with Gasteiger partial charge in [-0.3, -0.25) is 0 Å². The number of anilines is 1. The zero-order valence-electron chi connectivity index (χ0n) is 11.4. The lowest BCUT2D eigenvalue weighted by atomic mass is 10.1. The highest BCUT2D eigenvalue weighted by Crippen LogP contribution is 2.29. The zero-order valence-corrected chi connectivity index (χ0v) is 11.4. The highest BCUT2D eigenvalue weighted by Gasteiger charge is 2.14. The molecule has 20 heavy (non-hydrogen) atoms. The molecule has 0 spiro atoms. The van der Waals surface area contributed by atoms with Crippen molar-refractivity contribution in [3.05, 3.63) is 59.4 Å². The largest absolute Gasteiger partial charge is 0.496 e. The van der Waals surface area contributed by atoms with E-state index in [0.717, 1.165) is 11.3 Å². The van der Waals surface area contributed by atoms with Crippen LogP contribution in [-0.2, 0) is 0 Å². The zero-order chi connectivity index (χ0) is 14.5. The third kappa shape index (κ3) is 2.72. The summed E-state index contributed by atoms with van der Waals surface area (Å²) in [5.41, 5.74) is 1.45. The summed E-state index contributed by atoms with van der Waals surface area (Å²) in [7, 11) is 1.61. The first-order chi connectivity index (χ1) is 9.67. The molecule has 0 aliphatic carbocycles. The average molecular weight is 270 g/mol. The topological polar surface area (TPSA) is 45.0 Å². The van der Waals surface area contributed by atoms with Gasteiger partial charge >= 0.3 is 0 Å². The Hall–Kier alpha value is -2.54. The van der Waals surface area contributed by atoms with Gasteiger partial charge < -0.3 is 10.1 Å². The number of nitriles is 1. The van der Waals surface area contributed by atoms with Crippen molar-refractivity contribution in [2.45, 2.75) is 13.0 Å². The monoisotopic (exact) mass is 270 g/mol. The fourth-order valence-electron chi connectivity index (χ4n) is 2.09. The van der Waals surface area contributed by atoms with Crippen molar-refractivity contribution < 1.29 is 9.13 Å². The van der Waals surface area contributed by atoms with Crippen LogP contribution in [0.3, 0.4) is 0 Å². The van der Waals surface area contributed by atoms with Gasteiger partial charge in [0.05, 0.1) is 18.8 Å². The molecule has 0 saturated heterocycles. The summed E-state index contributed by atoms with van der Waals surface area (Å²) in [6.45, 7) is 1.93. The molecule has 2 aromatic carbocycles. The first-order valence-electron chi connectivity index (χ1n) is 6.25. The molecule has 102 valence electrons. The van der Waals surface area contributed by atoms with Crippen LogP contribution in [-0.4, -0.2) is 7.11 Å². The minimum Gasteiger partial charge on any atom is -0.496 e. The summed E-state index contributed by atoms with van der Waals surface area (Å²) >= 11 is 0. The Kier molecular flexibility index (Phi) is 4.21. The van der Waals surface area contributed by atoms with Crippen LogP contribution >= 0.6 is 0 Å². The molecule has 1 unspecified atom stereocenters. The van der Waals surface area contributed by atoms with E-state index in [-0.39, 0.29) is 11.6 Å². The quantitative estimate of drug-likeness (QED) is 0.917. The Balaban J connectivity index is 2.31. The maximum atomic E-state index is 13.6. The van der Waals surface area contributed by atoms with Crippen LogP contribution in [0.25, 0.3) is 0 Å². The van der Waals surface area contributed by atoms with Crippen LogP contribution in [0.4, 0.5) is 10.1 Å². The molecule has 2 rings (SSSR count). The van der Waals surface area contributed by atoms with Gasteiger partial charge in [-0.15, -0.1) is 0 Å². The van der Waals surface area contributed by atoms with Gasteiger partial charge in [0.25, 0.3) is 0 Å². The van der Waals surface area contributed by atoms with Crippen LogP contribution in [0.15, 0.2) is 42.5 Å². The van der Waals surface area contributed by atoms with Crippen LogP contribution in [0.1, 0.15) is 24.1 Å². The van der Waals surface area contributed by atoms with Gasteiger partial charge in [-0.05, 0) is 25.1 Å². The lowest BCUT2D eigenvalue weighted by Crippen LogP contribution is -2.09. The lowest BCUT2D eigenvalue weighted by Gasteiger charge is -2.19. The van der Waals surface area contributed by atoms with Crippen molar-refractivity contribution >= 4 is 5.69 Å². The van der Waals surface area contributed by atoms with Crippen LogP contribution in [0.5, 0.6) is 5.75 Å². The number of methoxy groups -OCH3 is 1. The van der Waals surface area contributed by atoms with Crippen LogP contribution in [0.2, 0.25) is 0 Å². The van der Waals surface area contributed by atoms with Gasteiger partial charge in [0, 0.05) is 5.56 Å². The van der Waals surface area contributed by atoms with Crippen molar-refractivity contribution in [2.24, 2.45) is 0 Å². The summed E-state index contributed by atoms with van der Waals surface area (Å²) in [6, 6.07) is 13.9. The SMILES string of the molecule is COc1ccccc1C(C)Nc1cccc(F)c1C#N. The van der Waals surface area contributed by atoms with E-state index in [9.17, 15) is 4.39 Å². The van der Waals surface area contributed by atoms with E-state index in [1.807, 2.05) is 37.3 Å². The number of hydrogen-bond donors (Lipinski definition) is 1. The molecule has 0 amide bonds. The molecule has 3 nitrogen and oxygen atoms in total. The number of nitrogens with zero attached hydrogens (tertiary/aromatic N) is 1. The average Bonchev–Trinajstić information content (AvgIpc) is 2.47.